The van der Waals surface area contributed by atoms with Gasteiger partial charge in [0, 0.05) is 11.6 Å². The maximum atomic E-state index is 13.0. The van der Waals surface area contributed by atoms with E-state index >= 15 is 0 Å². The van der Waals surface area contributed by atoms with Gasteiger partial charge in [-0.05, 0) is 30.5 Å². The minimum atomic E-state index is -0.522. The van der Waals surface area contributed by atoms with Crippen molar-refractivity contribution in [1.82, 2.24) is 4.90 Å². The second-order valence-corrected chi connectivity index (χ2v) is 5.09. The normalized spacial score (nSPS) is 18.1. The molecule has 0 saturated carbocycles. The molecule has 108 valence electrons. The van der Waals surface area contributed by atoms with Gasteiger partial charge < -0.3 is 9.64 Å². The lowest BCUT2D eigenvalue weighted by atomic mass is 10.1. The van der Waals surface area contributed by atoms with Crippen molar-refractivity contribution < 1.29 is 18.7 Å². The highest BCUT2D eigenvalue weighted by molar-refractivity contribution is 6.31. The van der Waals surface area contributed by atoms with Gasteiger partial charge in [0.25, 0.3) is 0 Å². The SMILES string of the molecule is COC(=O)[C@@H]1CCCN1C(=O)Cc1ccc(F)cc1Cl. The van der Waals surface area contributed by atoms with E-state index in [0.717, 1.165) is 6.42 Å². The molecule has 0 N–H and O–H groups in total. The van der Waals surface area contributed by atoms with Gasteiger partial charge >= 0.3 is 5.97 Å². The number of ether oxygens (including phenoxy) is 1. The molecule has 1 aromatic carbocycles. The lowest BCUT2D eigenvalue weighted by Gasteiger charge is -2.22. The number of hydrogen-bond donors (Lipinski definition) is 0. The largest absolute Gasteiger partial charge is 0.467 e. The standard InChI is InChI=1S/C14H15ClFNO3/c1-20-14(19)12-3-2-6-17(12)13(18)7-9-4-5-10(16)8-11(9)15/h4-5,8,12H,2-3,6-7H2,1H3/t12-/m0/s1. The number of nitrogens with zero attached hydrogens (tertiary/aromatic N) is 1. The zero-order chi connectivity index (χ0) is 14.7. The minimum absolute atomic E-state index is 0.0482. The number of rotatable bonds is 3. The van der Waals surface area contributed by atoms with E-state index in [4.69, 9.17) is 16.3 Å². The molecule has 0 aliphatic carbocycles. The Morgan fingerprint density at radius 1 is 1.50 bits per heavy atom. The number of hydrogen-bond acceptors (Lipinski definition) is 3. The zero-order valence-electron chi connectivity index (χ0n) is 11.1. The maximum Gasteiger partial charge on any atom is 0.328 e. The van der Waals surface area contributed by atoms with E-state index in [9.17, 15) is 14.0 Å². The quantitative estimate of drug-likeness (QED) is 0.804. The van der Waals surface area contributed by atoms with Gasteiger partial charge in [0.1, 0.15) is 11.9 Å². The Balaban J connectivity index is 2.09. The molecule has 0 unspecified atom stereocenters. The second kappa shape index (κ2) is 6.22. The third-order valence-electron chi connectivity index (χ3n) is 3.40. The Kier molecular flexibility index (Phi) is 4.60. The molecule has 1 amide bonds. The van der Waals surface area contributed by atoms with Crippen molar-refractivity contribution in [3.63, 3.8) is 0 Å². The van der Waals surface area contributed by atoms with Gasteiger partial charge in [-0.2, -0.15) is 0 Å². The van der Waals surface area contributed by atoms with Crippen LogP contribution in [0.15, 0.2) is 18.2 Å². The first-order valence-corrected chi connectivity index (χ1v) is 6.72. The third kappa shape index (κ3) is 3.10. The van der Waals surface area contributed by atoms with Crippen molar-refractivity contribution >= 4 is 23.5 Å². The molecule has 1 heterocycles. The molecule has 1 aliphatic heterocycles. The van der Waals surface area contributed by atoms with E-state index in [1.165, 1.54) is 30.2 Å². The summed E-state index contributed by atoms with van der Waals surface area (Å²) >= 11 is 5.90. The molecule has 20 heavy (non-hydrogen) atoms. The first-order valence-electron chi connectivity index (χ1n) is 6.34. The predicted molar refractivity (Wildman–Crippen MR) is 71.9 cm³/mol. The predicted octanol–water partition coefficient (Wildman–Crippen LogP) is 2.19. The summed E-state index contributed by atoms with van der Waals surface area (Å²) in [6, 6.07) is 3.40. The Hall–Kier alpha value is -1.62. The average Bonchev–Trinajstić information content (AvgIpc) is 2.90. The molecule has 1 atom stereocenters. The zero-order valence-corrected chi connectivity index (χ0v) is 11.8. The number of amides is 1. The van der Waals surface area contributed by atoms with Crippen LogP contribution in [0.2, 0.25) is 5.02 Å². The fraction of sp³-hybridized carbons (Fsp3) is 0.429. The highest BCUT2D eigenvalue weighted by atomic mass is 35.5. The molecule has 0 radical (unpaired) electrons. The summed E-state index contributed by atoms with van der Waals surface area (Å²) in [5.41, 5.74) is 0.550. The molecule has 0 bridgehead atoms. The lowest BCUT2D eigenvalue weighted by Crippen LogP contribution is -2.41. The minimum Gasteiger partial charge on any atom is -0.467 e. The highest BCUT2D eigenvalue weighted by Crippen LogP contribution is 2.22. The second-order valence-electron chi connectivity index (χ2n) is 4.68. The Labute approximate surface area is 121 Å². The van der Waals surface area contributed by atoms with Crippen LogP contribution in [-0.2, 0) is 20.7 Å². The van der Waals surface area contributed by atoms with Gasteiger partial charge in [-0.15, -0.1) is 0 Å². The van der Waals surface area contributed by atoms with E-state index in [1.807, 2.05) is 0 Å². The molecule has 2 rings (SSSR count). The van der Waals surface area contributed by atoms with Gasteiger partial charge in [-0.3, -0.25) is 4.79 Å². The number of esters is 1. The van der Waals surface area contributed by atoms with Gasteiger partial charge in [-0.25, -0.2) is 9.18 Å². The highest BCUT2D eigenvalue weighted by Gasteiger charge is 2.34. The molecular weight excluding hydrogens is 285 g/mol. The molecule has 1 aliphatic rings. The fourth-order valence-electron chi connectivity index (χ4n) is 2.38. The van der Waals surface area contributed by atoms with Crippen LogP contribution in [0, 0.1) is 5.82 Å². The van der Waals surface area contributed by atoms with E-state index in [-0.39, 0.29) is 17.4 Å². The summed E-state index contributed by atoms with van der Waals surface area (Å²) in [4.78, 5) is 25.4. The molecular formula is C14H15ClFNO3. The van der Waals surface area contributed by atoms with Gasteiger partial charge in [0.05, 0.1) is 13.5 Å². The number of carbonyl (C=O) groups excluding carboxylic acids is 2. The number of likely N-dealkylation sites (tertiary alicyclic amines) is 1. The van der Waals surface area contributed by atoms with Crippen molar-refractivity contribution in [1.29, 1.82) is 0 Å². The van der Waals surface area contributed by atoms with E-state index < -0.39 is 17.8 Å². The van der Waals surface area contributed by atoms with E-state index in [2.05, 4.69) is 0 Å². The van der Waals surface area contributed by atoms with Crippen molar-refractivity contribution in [2.45, 2.75) is 25.3 Å². The van der Waals surface area contributed by atoms with Crippen molar-refractivity contribution in [3.8, 4) is 0 Å². The van der Waals surface area contributed by atoms with E-state index in [0.29, 0.717) is 18.5 Å². The Bertz CT molecular complexity index is 535. The summed E-state index contributed by atoms with van der Waals surface area (Å²) in [7, 11) is 1.31. The van der Waals surface area contributed by atoms with Crippen LogP contribution in [0.25, 0.3) is 0 Å². The average molecular weight is 300 g/mol. The first-order chi connectivity index (χ1) is 9.52. The van der Waals surface area contributed by atoms with Gasteiger partial charge in [-0.1, -0.05) is 17.7 Å². The van der Waals surface area contributed by atoms with Crippen LogP contribution < -0.4 is 0 Å². The molecule has 1 aromatic rings. The molecule has 0 aromatic heterocycles. The number of benzene rings is 1. The van der Waals surface area contributed by atoms with Crippen LogP contribution in [0.3, 0.4) is 0 Å². The lowest BCUT2D eigenvalue weighted by molar-refractivity contribution is -0.150. The molecule has 0 spiro atoms. The van der Waals surface area contributed by atoms with Crippen LogP contribution >= 0.6 is 11.6 Å². The summed E-state index contributed by atoms with van der Waals surface area (Å²) < 4.78 is 17.7. The maximum absolute atomic E-state index is 13.0. The Morgan fingerprint density at radius 2 is 2.25 bits per heavy atom. The topological polar surface area (TPSA) is 46.6 Å². The summed E-state index contributed by atoms with van der Waals surface area (Å²) in [6.07, 6.45) is 1.42. The number of methoxy groups -OCH3 is 1. The summed E-state index contributed by atoms with van der Waals surface area (Å²) in [5.74, 6) is -1.05. The van der Waals surface area contributed by atoms with Crippen molar-refractivity contribution in [3.05, 3.63) is 34.6 Å². The van der Waals surface area contributed by atoms with Crippen molar-refractivity contribution in [2.24, 2.45) is 0 Å². The van der Waals surface area contributed by atoms with Crippen LogP contribution in [0.5, 0.6) is 0 Å². The monoisotopic (exact) mass is 299 g/mol. The number of carbonyl (C=O) groups is 2. The molecule has 1 fully saturated rings. The van der Waals surface area contributed by atoms with E-state index in [1.54, 1.807) is 0 Å². The molecule has 4 nitrogen and oxygen atoms in total. The van der Waals surface area contributed by atoms with Crippen LogP contribution in [0.4, 0.5) is 4.39 Å². The Morgan fingerprint density at radius 3 is 2.90 bits per heavy atom. The molecule has 1 saturated heterocycles. The fourth-order valence-corrected chi connectivity index (χ4v) is 2.61. The van der Waals surface area contributed by atoms with Crippen LogP contribution in [0.1, 0.15) is 18.4 Å². The summed E-state index contributed by atoms with van der Waals surface area (Å²) in [6.45, 7) is 0.525. The molecule has 6 heteroatoms. The van der Waals surface area contributed by atoms with Gasteiger partial charge in [0.15, 0.2) is 0 Å². The third-order valence-corrected chi connectivity index (χ3v) is 3.76. The van der Waals surface area contributed by atoms with Gasteiger partial charge in [0.2, 0.25) is 5.91 Å². The smallest absolute Gasteiger partial charge is 0.328 e. The van der Waals surface area contributed by atoms with Crippen LogP contribution in [-0.4, -0.2) is 36.5 Å². The number of halogens is 2. The van der Waals surface area contributed by atoms with Crippen molar-refractivity contribution in [2.75, 3.05) is 13.7 Å². The first kappa shape index (κ1) is 14.8. The summed E-state index contributed by atoms with van der Waals surface area (Å²) in [5, 5.41) is 0.215.